The van der Waals surface area contributed by atoms with Crippen LogP contribution in [0.3, 0.4) is 0 Å². The second-order valence-electron chi connectivity index (χ2n) is 14.1. The molecule has 48 heavy (non-hydrogen) atoms. The first kappa shape index (κ1) is 37.2. The quantitative estimate of drug-likeness (QED) is 0.0796. The summed E-state index contributed by atoms with van der Waals surface area (Å²) in [4.78, 5) is 12.5. The lowest BCUT2D eigenvalue weighted by atomic mass is 9.76. The summed E-state index contributed by atoms with van der Waals surface area (Å²) >= 11 is 1.70. The molecular formula is C41H56N4O2S. The van der Waals surface area contributed by atoms with Gasteiger partial charge in [0.25, 0.3) is 0 Å². The van der Waals surface area contributed by atoms with E-state index < -0.39 is 0 Å². The van der Waals surface area contributed by atoms with Crippen LogP contribution in [0, 0.1) is 6.92 Å². The molecule has 0 aliphatic rings. The Kier molecular flexibility index (Phi) is 13.7. The fourth-order valence-corrected chi connectivity index (χ4v) is 6.49. The second-order valence-corrected chi connectivity index (χ2v) is 15.2. The van der Waals surface area contributed by atoms with Gasteiger partial charge < -0.3 is 10.1 Å². The predicted molar refractivity (Wildman–Crippen MR) is 201 cm³/mol. The van der Waals surface area contributed by atoms with Crippen LogP contribution in [-0.2, 0) is 22.0 Å². The van der Waals surface area contributed by atoms with E-state index >= 15 is 0 Å². The summed E-state index contributed by atoms with van der Waals surface area (Å²) in [7, 11) is 0. The Morgan fingerprint density at radius 1 is 0.854 bits per heavy atom. The number of carbonyl (C=O) groups is 1. The van der Waals surface area contributed by atoms with Gasteiger partial charge in [-0.05, 0) is 85.6 Å². The lowest BCUT2D eigenvalue weighted by Gasteiger charge is -2.30. The van der Waals surface area contributed by atoms with Crippen LogP contribution in [0.4, 0.5) is 0 Å². The SMILES string of the molecule is CCC(C)(C)c1ccc(OCCCCNC(=O)CCCCSc2nnc(Cc3ccccc3)n2-c2ccc(C)cc2)c(C(C)(C)CC)c1. The maximum Gasteiger partial charge on any atom is 0.219 e. The van der Waals surface area contributed by atoms with Crippen LogP contribution in [0.25, 0.3) is 5.69 Å². The summed E-state index contributed by atoms with van der Waals surface area (Å²) in [5.74, 6) is 2.92. The highest BCUT2D eigenvalue weighted by molar-refractivity contribution is 7.99. The number of rotatable bonds is 19. The van der Waals surface area contributed by atoms with Crippen LogP contribution in [0.5, 0.6) is 5.75 Å². The molecule has 0 radical (unpaired) electrons. The zero-order valence-corrected chi connectivity index (χ0v) is 31.1. The summed E-state index contributed by atoms with van der Waals surface area (Å²) in [5, 5.41) is 13.1. The van der Waals surface area contributed by atoms with Gasteiger partial charge in [-0.15, -0.1) is 10.2 Å². The number of hydrogen-bond acceptors (Lipinski definition) is 5. The zero-order chi connectivity index (χ0) is 34.6. The third-order valence-electron chi connectivity index (χ3n) is 9.64. The van der Waals surface area contributed by atoms with Gasteiger partial charge in [0.15, 0.2) is 5.16 Å². The molecule has 7 heteroatoms. The smallest absolute Gasteiger partial charge is 0.219 e. The van der Waals surface area contributed by atoms with Gasteiger partial charge in [0.1, 0.15) is 11.6 Å². The average molecular weight is 669 g/mol. The first-order chi connectivity index (χ1) is 23.0. The molecule has 1 amide bonds. The van der Waals surface area contributed by atoms with Crippen molar-refractivity contribution in [1.29, 1.82) is 0 Å². The van der Waals surface area contributed by atoms with Gasteiger partial charge in [0, 0.05) is 36.4 Å². The molecule has 0 aliphatic carbocycles. The van der Waals surface area contributed by atoms with Gasteiger partial charge in [-0.2, -0.15) is 0 Å². The second kappa shape index (κ2) is 17.7. The van der Waals surface area contributed by atoms with Crippen molar-refractivity contribution in [3.05, 3.63) is 101 Å². The summed E-state index contributed by atoms with van der Waals surface area (Å²) < 4.78 is 8.48. The predicted octanol–water partition coefficient (Wildman–Crippen LogP) is 9.78. The Bertz CT molecular complexity index is 1580. The van der Waals surface area contributed by atoms with E-state index in [1.165, 1.54) is 22.3 Å². The molecule has 6 nitrogen and oxygen atoms in total. The van der Waals surface area contributed by atoms with Gasteiger partial charge in [-0.1, -0.05) is 113 Å². The van der Waals surface area contributed by atoms with E-state index in [1.54, 1.807) is 11.8 Å². The van der Waals surface area contributed by atoms with Crippen LogP contribution in [0.15, 0.2) is 78.0 Å². The minimum atomic E-state index is 0.0474. The van der Waals surface area contributed by atoms with Crippen LogP contribution in [0.2, 0.25) is 0 Å². The highest BCUT2D eigenvalue weighted by atomic mass is 32.2. The molecule has 0 fully saturated rings. The highest BCUT2D eigenvalue weighted by Gasteiger charge is 2.26. The topological polar surface area (TPSA) is 69.0 Å². The monoisotopic (exact) mass is 668 g/mol. The summed E-state index contributed by atoms with van der Waals surface area (Å²) in [6.07, 6.45) is 6.99. The molecule has 1 heterocycles. The number of amides is 1. The van der Waals surface area contributed by atoms with Gasteiger partial charge in [0.05, 0.1) is 6.61 Å². The Hall–Kier alpha value is -3.58. The van der Waals surface area contributed by atoms with Crippen molar-refractivity contribution in [2.24, 2.45) is 0 Å². The fraction of sp³-hybridized carbons (Fsp3) is 0.488. The molecule has 0 aliphatic heterocycles. The molecular weight excluding hydrogens is 613 g/mol. The molecule has 4 aromatic rings. The molecule has 0 spiro atoms. The summed E-state index contributed by atoms with van der Waals surface area (Å²) in [6, 6.07) is 25.6. The number of aromatic nitrogens is 3. The molecule has 0 bridgehead atoms. The number of nitrogens with zero attached hydrogens (tertiary/aromatic N) is 3. The molecule has 1 N–H and O–H groups in total. The molecule has 1 aromatic heterocycles. The lowest BCUT2D eigenvalue weighted by Crippen LogP contribution is -2.24. The van der Waals surface area contributed by atoms with Crippen LogP contribution < -0.4 is 10.1 Å². The maximum absolute atomic E-state index is 12.5. The first-order valence-corrected chi connectivity index (χ1v) is 18.7. The van der Waals surface area contributed by atoms with Gasteiger partial charge in [-0.25, -0.2) is 0 Å². The van der Waals surface area contributed by atoms with Crippen LogP contribution in [0.1, 0.15) is 115 Å². The van der Waals surface area contributed by atoms with Gasteiger partial charge in [-0.3, -0.25) is 9.36 Å². The Morgan fingerprint density at radius 3 is 2.29 bits per heavy atom. The summed E-state index contributed by atoms with van der Waals surface area (Å²) in [5.41, 5.74) is 6.35. The standard InChI is InChI=1S/C41H56N4O2S/c1-8-40(4,5)33-22-25-36(35(30-33)41(6,7)9-2)47-27-15-14-26-42-38(46)19-13-16-28-48-39-44-43-37(29-32-17-11-10-12-18-32)45(39)34-23-20-31(3)21-24-34/h10-12,17-18,20-25,30H,8-9,13-16,19,26-29H2,1-7H3,(H,42,46). The number of benzene rings is 3. The fourth-order valence-electron chi connectivity index (χ4n) is 5.52. The third-order valence-corrected chi connectivity index (χ3v) is 10.7. The van der Waals surface area contributed by atoms with Crippen LogP contribution >= 0.6 is 11.8 Å². The van der Waals surface area contributed by atoms with E-state index in [2.05, 4.69) is 135 Å². The number of nitrogens with one attached hydrogen (secondary N) is 1. The molecule has 0 atom stereocenters. The number of thioether (sulfide) groups is 1. The third kappa shape index (κ3) is 10.5. The van der Waals surface area contributed by atoms with E-state index in [1.807, 2.05) is 6.07 Å². The number of ether oxygens (including phenoxy) is 1. The largest absolute Gasteiger partial charge is 0.493 e. The molecule has 0 saturated carbocycles. The van der Waals surface area contributed by atoms with Crippen molar-refractivity contribution >= 4 is 17.7 Å². The highest BCUT2D eigenvalue weighted by Crippen LogP contribution is 2.38. The van der Waals surface area contributed by atoms with Crippen LogP contribution in [-0.4, -0.2) is 39.6 Å². The van der Waals surface area contributed by atoms with Crippen molar-refractivity contribution in [1.82, 2.24) is 20.1 Å². The zero-order valence-electron chi connectivity index (χ0n) is 30.3. The normalized spacial score (nSPS) is 11.9. The van der Waals surface area contributed by atoms with E-state index in [4.69, 9.17) is 4.74 Å². The molecule has 0 saturated heterocycles. The Morgan fingerprint density at radius 2 is 1.58 bits per heavy atom. The minimum Gasteiger partial charge on any atom is -0.493 e. The number of unbranched alkanes of at least 4 members (excludes halogenated alkanes) is 2. The van der Waals surface area contributed by atoms with E-state index in [-0.39, 0.29) is 16.7 Å². The van der Waals surface area contributed by atoms with Crippen molar-refractivity contribution in [2.45, 2.75) is 116 Å². The van der Waals surface area contributed by atoms with Gasteiger partial charge >= 0.3 is 0 Å². The maximum atomic E-state index is 12.5. The molecule has 3 aromatic carbocycles. The first-order valence-electron chi connectivity index (χ1n) is 17.8. The number of hydrogen-bond donors (Lipinski definition) is 1. The summed E-state index contributed by atoms with van der Waals surface area (Å²) in [6.45, 7) is 17.1. The minimum absolute atomic E-state index is 0.0474. The van der Waals surface area contributed by atoms with E-state index in [0.29, 0.717) is 19.6 Å². The average Bonchev–Trinajstić information content (AvgIpc) is 3.48. The van der Waals surface area contributed by atoms with Crippen molar-refractivity contribution in [3.63, 3.8) is 0 Å². The van der Waals surface area contributed by atoms with Gasteiger partial charge in [0.2, 0.25) is 5.91 Å². The molecule has 258 valence electrons. The van der Waals surface area contributed by atoms with Crippen molar-refractivity contribution in [2.75, 3.05) is 18.9 Å². The Labute approximate surface area is 293 Å². The number of aryl methyl sites for hydroxylation is 1. The molecule has 0 unspecified atom stereocenters. The number of carbonyl (C=O) groups excluding carboxylic acids is 1. The Balaban J connectivity index is 1.18. The van der Waals surface area contributed by atoms with Crippen molar-refractivity contribution in [3.8, 4) is 11.4 Å². The molecule has 4 rings (SSSR count). The van der Waals surface area contributed by atoms with E-state index in [0.717, 1.165) is 73.1 Å². The van der Waals surface area contributed by atoms with E-state index in [9.17, 15) is 4.79 Å². The lowest BCUT2D eigenvalue weighted by molar-refractivity contribution is -0.121. The van der Waals surface area contributed by atoms with Crippen molar-refractivity contribution < 1.29 is 9.53 Å².